The Balaban J connectivity index is 2.48. The number of nitrogens with zero attached hydrogens (tertiary/aromatic N) is 1. The van der Waals surface area contributed by atoms with Crippen molar-refractivity contribution in [3.05, 3.63) is 35.3 Å². The van der Waals surface area contributed by atoms with E-state index in [1.165, 1.54) is 6.26 Å². The summed E-state index contributed by atoms with van der Waals surface area (Å²) < 4.78 is 0. The maximum Gasteiger partial charge on any atom is 0.130 e. The van der Waals surface area contributed by atoms with E-state index in [2.05, 4.69) is 14.8 Å². The molecule has 0 aliphatic heterocycles. The summed E-state index contributed by atoms with van der Waals surface area (Å²) in [6.07, 6.45) is 4.82. The molecule has 4 heteroatoms. The average molecular weight is 200 g/mol. The van der Waals surface area contributed by atoms with E-state index in [4.69, 9.17) is 11.6 Å². The Kier molecular flexibility index (Phi) is 4.29. The molecule has 13 heavy (non-hydrogen) atoms. The van der Waals surface area contributed by atoms with Crippen molar-refractivity contribution < 1.29 is 9.78 Å². The zero-order valence-electron chi connectivity index (χ0n) is 7.24. The average Bonchev–Trinajstić information content (AvgIpc) is 2.13. The Morgan fingerprint density at radius 1 is 1.62 bits per heavy atom. The predicted octanol–water partition coefficient (Wildman–Crippen LogP) is 2.67. The molecule has 0 N–H and O–H groups in total. The molecule has 70 valence electrons. The standard InChI is InChI=1S/C9H10ClNO2/c1-2-12-13-6-4-8-3-5-11-9(10)7-8/h3-7H,2H2,1H3. The van der Waals surface area contributed by atoms with Gasteiger partial charge in [-0.25, -0.2) is 4.98 Å². The van der Waals surface area contributed by atoms with E-state index in [1.54, 1.807) is 18.3 Å². The Morgan fingerprint density at radius 2 is 2.46 bits per heavy atom. The highest BCUT2D eigenvalue weighted by Gasteiger charge is 1.89. The lowest BCUT2D eigenvalue weighted by molar-refractivity contribution is -0.243. The van der Waals surface area contributed by atoms with Crippen LogP contribution < -0.4 is 0 Å². The minimum absolute atomic E-state index is 0.457. The predicted molar refractivity (Wildman–Crippen MR) is 51.0 cm³/mol. The molecule has 0 aliphatic rings. The third-order valence-corrected chi connectivity index (χ3v) is 1.46. The van der Waals surface area contributed by atoms with Gasteiger partial charge in [-0.2, -0.15) is 4.89 Å². The fourth-order valence-electron chi connectivity index (χ4n) is 0.735. The van der Waals surface area contributed by atoms with Crippen LogP contribution in [-0.4, -0.2) is 11.6 Å². The van der Waals surface area contributed by atoms with Crippen molar-refractivity contribution >= 4 is 17.7 Å². The molecule has 0 atom stereocenters. The minimum Gasteiger partial charge on any atom is -0.345 e. The van der Waals surface area contributed by atoms with Crippen LogP contribution in [0.3, 0.4) is 0 Å². The largest absolute Gasteiger partial charge is 0.345 e. The highest BCUT2D eigenvalue weighted by atomic mass is 35.5. The van der Waals surface area contributed by atoms with Gasteiger partial charge in [0.2, 0.25) is 0 Å². The summed E-state index contributed by atoms with van der Waals surface area (Å²) in [7, 11) is 0. The van der Waals surface area contributed by atoms with Crippen LogP contribution >= 0.6 is 11.6 Å². The molecule has 3 nitrogen and oxygen atoms in total. The molecule has 0 saturated heterocycles. The van der Waals surface area contributed by atoms with Gasteiger partial charge in [-0.1, -0.05) is 11.6 Å². The summed E-state index contributed by atoms with van der Waals surface area (Å²) in [5.41, 5.74) is 0.916. The Hall–Kier alpha value is -1.06. The Labute approximate surface area is 81.9 Å². The first-order chi connectivity index (χ1) is 6.33. The molecule has 1 aromatic heterocycles. The van der Waals surface area contributed by atoms with Gasteiger partial charge in [0.1, 0.15) is 11.4 Å². The molecule has 0 saturated carbocycles. The molecular weight excluding hydrogens is 190 g/mol. The van der Waals surface area contributed by atoms with Crippen LogP contribution in [0.1, 0.15) is 12.5 Å². The molecule has 0 aromatic carbocycles. The van der Waals surface area contributed by atoms with Crippen LogP contribution in [0.15, 0.2) is 24.6 Å². The lowest BCUT2D eigenvalue weighted by Gasteiger charge is -1.95. The number of hydrogen-bond donors (Lipinski definition) is 0. The van der Waals surface area contributed by atoms with Gasteiger partial charge >= 0.3 is 0 Å². The maximum absolute atomic E-state index is 5.67. The first-order valence-corrected chi connectivity index (χ1v) is 4.27. The van der Waals surface area contributed by atoms with Crippen molar-refractivity contribution in [3.63, 3.8) is 0 Å². The molecular formula is C9H10ClNO2. The summed E-state index contributed by atoms with van der Waals surface area (Å²) in [4.78, 5) is 13.2. The highest BCUT2D eigenvalue weighted by Crippen LogP contribution is 2.08. The van der Waals surface area contributed by atoms with E-state index in [0.717, 1.165) is 5.56 Å². The quantitative estimate of drug-likeness (QED) is 0.246. The lowest BCUT2D eigenvalue weighted by atomic mass is 10.3. The van der Waals surface area contributed by atoms with Gasteiger partial charge in [0.25, 0.3) is 0 Å². The van der Waals surface area contributed by atoms with Crippen LogP contribution in [0.5, 0.6) is 0 Å². The van der Waals surface area contributed by atoms with Gasteiger partial charge in [0, 0.05) is 6.20 Å². The molecule has 1 aromatic rings. The normalized spacial score (nSPS) is 10.6. The van der Waals surface area contributed by atoms with E-state index in [1.807, 2.05) is 13.0 Å². The van der Waals surface area contributed by atoms with E-state index < -0.39 is 0 Å². The molecule has 1 heterocycles. The van der Waals surface area contributed by atoms with Gasteiger partial charge < -0.3 is 4.89 Å². The van der Waals surface area contributed by atoms with Crippen LogP contribution in [0.4, 0.5) is 0 Å². The van der Waals surface area contributed by atoms with Gasteiger partial charge in [0.05, 0.1) is 6.61 Å². The second-order valence-electron chi connectivity index (χ2n) is 2.22. The van der Waals surface area contributed by atoms with Crippen molar-refractivity contribution in [1.29, 1.82) is 0 Å². The Bertz CT molecular complexity index is 289. The third kappa shape index (κ3) is 3.92. The summed E-state index contributed by atoms with van der Waals surface area (Å²) in [6.45, 7) is 2.36. The van der Waals surface area contributed by atoms with Crippen LogP contribution in [0.25, 0.3) is 6.08 Å². The smallest absolute Gasteiger partial charge is 0.130 e. The van der Waals surface area contributed by atoms with E-state index >= 15 is 0 Å². The van der Waals surface area contributed by atoms with E-state index in [-0.39, 0.29) is 0 Å². The first kappa shape index (κ1) is 10.0. The number of halogens is 1. The van der Waals surface area contributed by atoms with Crippen molar-refractivity contribution in [2.24, 2.45) is 0 Å². The van der Waals surface area contributed by atoms with Crippen molar-refractivity contribution in [1.82, 2.24) is 4.98 Å². The van der Waals surface area contributed by atoms with Gasteiger partial charge in [0.15, 0.2) is 0 Å². The molecule has 0 aliphatic carbocycles. The van der Waals surface area contributed by atoms with Gasteiger partial charge in [-0.05, 0) is 30.7 Å². The highest BCUT2D eigenvalue weighted by molar-refractivity contribution is 6.29. The zero-order chi connectivity index (χ0) is 9.52. The molecule has 1 rings (SSSR count). The summed E-state index contributed by atoms with van der Waals surface area (Å²) in [5, 5.41) is 0.457. The summed E-state index contributed by atoms with van der Waals surface area (Å²) in [6, 6.07) is 3.55. The van der Waals surface area contributed by atoms with Crippen molar-refractivity contribution in [2.75, 3.05) is 6.61 Å². The van der Waals surface area contributed by atoms with Crippen LogP contribution in [0, 0.1) is 0 Å². The topological polar surface area (TPSA) is 31.4 Å². The van der Waals surface area contributed by atoms with Gasteiger partial charge in [-0.15, -0.1) is 0 Å². The molecule has 0 bridgehead atoms. The van der Waals surface area contributed by atoms with E-state index in [9.17, 15) is 0 Å². The Morgan fingerprint density at radius 3 is 3.15 bits per heavy atom. The maximum atomic E-state index is 5.67. The fourth-order valence-corrected chi connectivity index (χ4v) is 0.917. The van der Waals surface area contributed by atoms with Crippen LogP contribution in [0.2, 0.25) is 5.15 Å². The molecule has 0 spiro atoms. The van der Waals surface area contributed by atoms with Gasteiger partial charge in [-0.3, -0.25) is 0 Å². The zero-order valence-corrected chi connectivity index (χ0v) is 7.99. The number of pyridine rings is 1. The van der Waals surface area contributed by atoms with Crippen LogP contribution in [-0.2, 0) is 9.78 Å². The second-order valence-corrected chi connectivity index (χ2v) is 2.60. The SMILES string of the molecule is CCOOC=Cc1ccnc(Cl)c1. The molecule has 0 radical (unpaired) electrons. The second kappa shape index (κ2) is 5.56. The third-order valence-electron chi connectivity index (χ3n) is 1.25. The minimum atomic E-state index is 0.457. The number of hydrogen-bond acceptors (Lipinski definition) is 3. The number of aromatic nitrogens is 1. The number of rotatable bonds is 4. The summed E-state index contributed by atoms with van der Waals surface area (Å²) >= 11 is 5.67. The van der Waals surface area contributed by atoms with Crippen molar-refractivity contribution in [2.45, 2.75) is 6.92 Å². The van der Waals surface area contributed by atoms with E-state index in [0.29, 0.717) is 11.8 Å². The molecule has 0 fully saturated rings. The van der Waals surface area contributed by atoms with Crippen molar-refractivity contribution in [3.8, 4) is 0 Å². The monoisotopic (exact) mass is 199 g/mol. The molecule has 0 unspecified atom stereocenters. The molecule has 0 amide bonds. The first-order valence-electron chi connectivity index (χ1n) is 3.89. The fraction of sp³-hybridized carbons (Fsp3) is 0.222. The lowest BCUT2D eigenvalue weighted by Crippen LogP contribution is -1.84. The summed E-state index contributed by atoms with van der Waals surface area (Å²) in [5.74, 6) is 0.